The highest BCUT2D eigenvalue weighted by molar-refractivity contribution is 5.74. The van der Waals surface area contributed by atoms with Gasteiger partial charge in [-0.2, -0.15) is 4.98 Å². The third-order valence-electron chi connectivity index (χ3n) is 9.08. The lowest BCUT2D eigenvalue weighted by atomic mass is 9.92. The number of likely N-dealkylation sites (tertiary alicyclic amines) is 1. The van der Waals surface area contributed by atoms with Gasteiger partial charge in [-0.05, 0) is 89.4 Å². The number of anilines is 4. The van der Waals surface area contributed by atoms with Gasteiger partial charge in [0.1, 0.15) is 11.6 Å². The van der Waals surface area contributed by atoms with Gasteiger partial charge < -0.3 is 35.6 Å². The minimum Gasteiger partial charge on any atom is -0.393 e. The van der Waals surface area contributed by atoms with Crippen molar-refractivity contribution in [1.82, 2.24) is 14.9 Å². The van der Waals surface area contributed by atoms with Crippen LogP contribution in [0.15, 0.2) is 24.4 Å². The van der Waals surface area contributed by atoms with E-state index >= 15 is 0 Å². The number of piperidine rings is 1. The Kier molecular flexibility index (Phi) is 9.02. The molecule has 0 amide bonds. The van der Waals surface area contributed by atoms with Gasteiger partial charge >= 0.3 is 0 Å². The fourth-order valence-corrected chi connectivity index (χ4v) is 6.75. The lowest BCUT2D eigenvalue weighted by Crippen LogP contribution is -2.49. The number of aliphatic hydroxyl groups is 1. The predicted octanol–water partition coefficient (Wildman–Crippen LogP) is 4.91. The largest absolute Gasteiger partial charge is 0.393 e. The third kappa shape index (κ3) is 7.01. The molecule has 224 valence electrons. The van der Waals surface area contributed by atoms with Crippen LogP contribution in [0.5, 0.6) is 0 Å². The van der Waals surface area contributed by atoms with Gasteiger partial charge in [0.15, 0.2) is 12.1 Å². The quantitative estimate of drug-likeness (QED) is 0.335. The molecule has 2 aliphatic carbocycles. The molecule has 41 heavy (non-hydrogen) atoms. The molecule has 0 spiro atoms. The zero-order valence-corrected chi connectivity index (χ0v) is 23.7. The number of hydrogen-bond donors (Lipinski definition) is 4. The monoisotopic (exact) mass is 571 g/mol. The maximum Gasteiger partial charge on any atom is 0.224 e. The normalized spacial score (nSPS) is 28.7. The Morgan fingerprint density at radius 2 is 1.76 bits per heavy atom. The van der Waals surface area contributed by atoms with Crippen LogP contribution in [0.2, 0.25) is 0 Å². The van der Waals surface area contributed by atoms with Gasteiger partial charge in [-0.15, -0.1) is 0 Å². The van der Waals surface area contributed by atoms with Crippen molar-refractivity contribution in [2.75, 3.05) is 47.1 Å². The van der Waals surface area contributed by atoms with E-state index in [1.165, 1.54) is 44.5 Å². The van der Waals surface area contributed by atoms with Crippen molar-refractivity contribution in [2.45, 2.75) is 101 Å². The Morgan fingerprint density at radius 1 is 0.976 bits per heavy atom. The summed E-state index contributed by atoms with van der Waals surface area (Å²) in [6.45, 7) is 4.26. The van der Waals surface area contributed by atoms with Gasteiger partial charge in [-0.25, -0.2) is 13.8 Å². The first-order valence-electron chi connectivity index (χ1n) is 15.4. The number of ether oxygens (including phenoxy) is 1. The van der Waals surface area contributed by atoms with Crippen LogP contribution in [0.25, 0.3) is 0 Å². The van der Waals surface area contributed by atoms with E-state index in [-0.39, 0.29) is 23.9 Å². The summed E-state index contributed by atoms with van der Waals surface area (Å²) in [6.07, 6.45) is 12.3. The number of fused-ring (bicyclic) bond motifs is 1. The van der Waals surface area contributed by atoms with E-state index in [4.69, 9.17) is 9.72 Å². The molecule has 1 unspecified atom stereocenters. The first-order valence-corrected chi connectivity index (χ1v) is 15.4. The molecule has 4 N–H and O–H groups in total. The van der Waals surface area contributed by atoms with Crippen LogP contribution in [0.1, 0.15) is 70.6 Å². The summed E-state index contributed by atoms with van der Waals surface area (Å²) in [6, 6.07) is 3.91. The number of benzene rings is 1. The molecule has 1 aromatic heterocycles. The van der Waals surface area contributed by atoms with Crippen LogP contribution in [-0.4, -0.2) is 76.8 Å². The minimum absolute atomic E-state index is 0.105. The van der Waals surface area contributed by atoms with Crippen LogP contribution in [0.4, 0.5) is 31.9 Å². The lowest BCUT2D eigenvalue weighted by Gasteiger charge is -2.38. The first kappa shape index (κ1) is 28.4. The Bertz CT molecular complexity index is 1150. The van der Waals surface area contributed by atoms with Crippen molar-refractivity contribution >= 4 is 23.1 Å². The van der Waals surface area contributed by atoms with Crippen LogP contribution < -0.4 is 20.9 Å². The lowest BCUT2D eigenvalue weighted by molar-refractivity contribution is 0.0123. The zero-order valence-electron chi connectivity index (χ0n) is 23.7. The van der Waals surface area contributed by atoms with Crippen molar-refractivity contribution in [1.29, 1.82) is 0 Å². The molecule has 2 saturated carbocycles. The second kappa shape index (κ2) is 13.0. The molecule has 0 radical (unpaired) electrons. The van der Waals surface area contributed by atoms with Crippen LogP contribution >= 0.6 is 0 Å². The Morgan fingerprint density at radius 3 is 2.51 bits per heavy atom. The number of halogens is 2. The molecule has 1 atom stereocenters. The molecular weight excluding hydrogens is 528 g/mol. The fraction of sp³-hybridized carbons (Fsp3) is 0.667. The average molecular weight is 572 g/mol. The average Bonchev–Trinajstić information content (AvgIpc) is 3.33. The molecule has 0 bridgehead atoms. The predicted molar refractivity (Wildman–Crippen MR) is 156 cm³/mol. The smallest absolute Gasteiger partial charge is 0.224 e. The number of nitrogens with zero attached hydrogens (tertiary/aromatic N) is 4. The molecule has 2 aromatic rings. The highest BCUT2D eigenvalue weighted by Crippen LogP contribution is 2.39. The van der Waals surface area contributed by atoms with Crippen molar-refractivity contribution < 1.29 is 18.6 Å². The second-order valence-electron chi connectivity index (χ2n) is 12.0. The Labute approximate surface area is 241 Å². The molecule has 1 saturated heterocycles. The zero-order chi connectivity index (χ0) is 28.2. The van der Waals surface area contributed by atoms with Crippen molar-refractivity contribution in [3.63, 3.8) is 0 Å². The van der Waals surface area contributed by atoms with Gasteiger partial charge in [0.2, 0.25) is 5.95 Å². The molecule has 1 aromatic carbocycles. The molecule has 9 nitrogen and oxygen atoms in total. The molecule has 4 aliphatic rings. The maximum atomic E-state index is 14.5. The highest BCUT2D eigenvalue weighted by atomic mass is 19.1. The summed E-state index contributed by atoms with van der Waals surface area (Å²) >= 11 is 0. The van der Waals surface area contributed by atoms with E-state index < -0.39 is 17.9 Å². The third-order valence-corrected chi connectivity index (χ3v) is 9.08. The van der Waals surface area contributed by atoms with Crippen LogP contribution in [0.3, 0.4) is 0 Å². The topological polar surface area (TPSA) is 97.8 Å². The van der Waals surface area contributed by atoms with E-state index in [9.17, 15) is 13.9 Å². The van der Waals surface area contributed by atoms with Gasteiger partial charge in [0, 0.05) is 24.7 Å². The summed E-state index contributed by atoms with van der Waals surface area (Å²) in [7, 11) is 0. The van der Waals surface area contributed by atoms with E-state index in [0.29, 0.717) is 24.9 Å². The van der Waals surface area contributed by atoms with E-state index in [2.05, 4.69) is 30.7 Å². The van der Waals surface area contributed by atoms with Gasteiger partial charge in [0.25, 0.3) is 0 Å². The number of aromatic nitrogens is 2. The van der Waals surface area contributed by atoms with Crippen LogP contribution in [0, 0.1) is 11.6 Å². The number of hydrogen-bond acceptors (Lipinski definition) is 9. The van der Waals surface area contributed by atoms with Crippen molar-refractivity contribution in [3.05, 3.63) is 36.0 Å². The van der Waals surface area contributed by atoms with Gasteiger partial charge in [0.05, 0.1) is 36.4 Å². The number of rotatable bonds is 9. The second-order valence-corrected chi connectivity index (χ2v) is 12.0. The summed E-state index contributed by atoms with van der Waals surface area (Å²) in [5.41, 5.74) is 0.964. The molecule has 11 heteroatoms. The highest BCUT2D eigenvalue weighted by Gasteiger charge is 2.38. The SMILES string of the molecule is OC1CCC(N2c3nc(NC4CCC(OCCN5CCCCC5)CC4)ncc3NC2Nc2ccc(F)cc2F)CC1. The summed E-state index contributed by atoms with van der Waals surface area (Å²) in [4.78, 5) is 14.2. The first-order chi connectivity index (χ1) is 20.0. The van der Waals surface area contributed by atoms with E-state index in [1.807, 2.05) is 0 Å². The standard InChI is InChI=1S/C30H43F2N7O2/c31-20-4-13-26(25(32)18-20)35-30-36-27-19-33-29(37-28(27)39(30)22-7-9-23(40)10-8-22)34-21-5-11-24(12-6-21)41-17-16-38-14-2-1-3-15-38/h4,13,18-19,21-24,30,35-36,40H,1-3,5-12,14-17H2,(H,33,34,37). The molecular formula is C30H43F2N7O2. The minimum atomic E-state index is -0.652. The molecule has 2 aliphatic heterocycles. The van der Waals surface area contributed by atoms with E-state index in [0.717, 1.165) is 69.2 Å². The van der Waals surface area contributed by atoms with Gasteiger partial charge in [-0.1, -0.05) is 6.42 Å². The van der Waals surface area contributed by atoms with Crippen molar-refractivity contribution in [3.8, 4) is 0 Å². The van der Waals surface area contributed by atoms with Crippen LogP contribution in [-0.2, 0) is 4.74 Å². The Balaban J connectivity index is 1.08. The fourth-order valence-electron chi connectivity index (χ4n) is 6.75. The number of aliphatic hydroxyl groups excluding tert-OH is 1. The molecule has 6 rings (SSSR count). The van der Waals surface area contributed by atoms with Gasteiger partial charge in [-0.3, -0.25) is 0 Å². The molecule has 3 fully saturated rings. The van der Waals surface area contributed by atoms with E-state index in [1.54, 1.807) is 6.20 Å². The van der Waals surface area contributed by atoms with Crippen molar-refractivity contribution in [2.24, 2.45) is 0 Å². The summed E-state index contributed by atoms with van der Waals surface area (Å²) in [5.74, 6) is 0.0582. The Hall–Kier alpha value is -2.76. The summed E-state index contributed by atoms with van der Waals surface area (Å²) in [5, 5.41) is 20.2. The maximum absolute atomic E-state index is 14.5. The summed E-state index contributed by atoms with van der Waals surface area (Å²) < 4.78 is 34.3. The number of nitrogens with one attached hydrogen (secondary N) is 3. The molecule has 3 heterocycles.